The van der Waals surface area contributed by atoms with Gasteiger partial charge in [0.1, 0.15) is 0 Å². The molecule has 0 spiro atoms. The third kappa shape index (κ3) is 4.37. The number of sulfone groups is 1. The van der Waals surface area contributed by atoms with E-state index in [1.54, 1.807) is 13.8 Å². The van der Waals surface area contributed by atoms with Gasteiger partial charge in [-0.15, -0.1) is 0 Å². The molecule has 2 aliphatic rings. The van der Waals surface area contributed by atoms with E-state index in [1.807, 2.05) is 0 Å². The monoisotopic (exact) mass is 512 g/mol. The summed E-state index contributed by atoms with van der Waals surface area (Å²) in [5.41, 5.74) is 0.920. The summed E-state index contributed by atoms with van der Waals surface area (Å²) in [6.45, 7) is 4.91. The fraction of sp³-hybridized carbons (Fsp3) is 0.455. The van der Waals surface area contributed by atoms with Gasteiger partial charge in [-0.1, -0.05) is 12.1 Å². The van der Waals surface area contributed by atoms with Crippen LogP contribution in [0.5, 0.6) is 0 Å². The lowest BCUT2D eigenvalue weighted by Gasteiger charge is -2.19. The van der Waals surface area contributed by atoms with Gasteiger partial charge in [-0.2, -0.15) is 8.61 Å². The van der Waals surface area contributed by atoms with E-state index in [0.717, 1.165) is 25.7 Å². The molecule has 33 heavy (non-hydrogen) atoms. The molecule has 0 atom stereocenters. The van der Waals surface area contributed by atoms with Crippen molar-refractivity contribution < 1.29 is 25.3 Å². The van der Waals surface area contributed by atoms with Gasteiger partial charge in [0, 0.05) is 26.2 Å². The number of rotatable bonds is 6. The molecule has 11 heteroatoms. The Morgan fingerprint density at radius 3 is 1.24 bits per heavy atom. The van der Waals surface area contributed by atoms with E-state index in [1.165, 1.54) is 45.0 Å². The Kier molecular flexibility index (Phi) is 6.47. The SMILES string of the molecule is Cc1ccc(S(=O)(=O)c2ccc(C)c(S(=O)(=O)N3CCCC3)c2)cc1S(=O)(=O)N1CCCC1. The zero-order chi connectivity index (χ0) is 24.0. The predicted octanol–water partition coefficient (Wildman–Crippen LogP) is 2.71. The zero-order valence-corrected chi connectivity index (χ0v) is 21.1. The molecule has 0 aliphatic carbocycles. The van der Waals surface area contributed by atoms with Crippen LogP contribution in [0.1, 0.15) is 36.8 Å². The maximum atomic E-state index is 13.4. The topological polar surface area (TPSA) is 109 Å². The highest BCUT2D eigenvalue weighted by atomic mass is 32.2. The van der Waals surface area contributed by atoms with Crippen molar-refractivity contribution in [3.8, 4) is 0 Å². The fourth-order valence-corrected chi connectivity index (χ4v) is 9.32. The van der Waals surface area contributed by atoms with Gasteiger partial charge in [-0.25, -0.2) is 25.3 Å². The molecule has 0 saturated carbocycles. The molecule has 2 aliphatic heterocycles. The van der Waals surface area contributed by atoms with Crippen molar-refractivity contribution in [2.45, 2.75) is 59.1 Å². The number of nitrogens with zero attached hydrogens (tertiary/aromatic N) is 2. The normalized spacial score (nSPS) is 18.7. The van der Waals surface area contributed by atoms with Crippen molar-refractivity contribution in [2.24, 2.45) is 0 Å². The molecule has 0 radical (unpaired) electrons. The van der Waals surface area contributed by atoms with Gasteiger partial charge in [0.05, 0.1) is 19.6 Å². The summed E-state index contributed by atoms with van der Waals surface area (Å²) in [4.78, 5) is -0.441. The van der Waals surface area contributed by atoms with Crippen molar-refractivity contribution in [3.63, 3.8) is 0 Å². The number of hydrogen-bond donors (Lipinski definition) is 0. The van der Waals surface area contributed by atoms with E-state index < -0.39 is 29.9 Å². The Hall–Kier alpha value is -1.79. The molecular formula is C22H28N2O6S3. The van der Waals surface area contributed by atoms with Crippen LogP contribution in [0, 0.1) is 13.8 Å². The number of aryl methyl sites for hydroxylation is 2. The maximum Gasteiger partial charge on any atom is 0.243 e. The van der Waals surface area contributed by atoms with Crippen molar-refractivity contribution in [2.75, 3.05) is 26.2 Å². The van der Waals surface area contributed by atoms with Gasteiger partial charge in [0.15, 0.2) is 0 Å². The minimum atomic E-state index is -4.15. The first-order chi connectivity index (χ1) is 15.5. The van der Waals surface area contributed by atoms with Crippen LogP contribution in [-0.2, 0) is 29.9 Å². The third-order valence-corrected chi connectivity index (χ3v) is 12.1. The maximum absolute atomic E-state index is 13.4. The van der Waals surface area contributed by atoms with Crippen LogP contribution in [0.4, 0.5) is 0 Å². The average molecular weight is 513 g/mol. The Labute approximate surface area is 196 Å². The van der Waals surface area contributed by atoms with Gasteiger partial charge in [0.25, 0.3) is 0 Å². The lowest BCUT2D eigenvalue weighted by molar-refractivity contribution is 0.476. The molecule has 180 valence electrons. The molecule has 0 N–H and O–H groups in total. The van der Waals surface area contributed by atoms with Crippen LogP contribution in [0.25, 0.3) is 0 Å². The Balaban J connectivity index is 1.78. The summed E-state index contributed by atoms with van der Waals surface area (Å²) in [5, 5.41) is 0. The van der Waals surface area contributed by atoms with Crippen LogP contribution >= 0.6 is 0 Å². The fourth-order valence-electron chi connectivity index (χ4n) is 4.32. The first-order valence-electron chi connectivity index (χ1n) is 10.9. The molecule has 0 amide bonds. The highest BCUT2D eigenvalue weighted by Crippen LogP contribution is 2.31. The van der Waals surface area contributed by atoms with E-state index in [2.05, 4.69) is 0 Å². The Morgan fingerprint density at radius 1 is 0.576 bits per heavy atom. The van der Waals surface area contributed by atoms with Crippen molar-refractivity contribution >= 4 is 29.9 Å². The molecule has 2 saturated heterocycles. The quantitative estimate of drug-likeness (QED) is 0.589. The molecular weight excluding hydrogens is 484 g/mol. The second-order valence-electron chi connectivity index (χ2n) is 8.58. The molecule has 2 fully saturated rings. The Bertz CT molecular complexity index is 1290. The van der Waals surface area contributed by atoms with E-state index in [9.17, 15) is 25.3 Å². The second kappa shape index (κ2) is 8.77. The zero-order valence-electron chi connectivity index (χ0n) is 18.7. The smallest absolute Gasteiger partial charge is 0.219 e. The summed E-state index contributed by atoms with van der Waals surface area (Å²) in [6, 6.07) is 8.06. The van der Waals surface area contributed by atoms with Crippen LogP contribution in [0.15, 0.2) is 56.0 Å². The largest absolute Gasteiger partial charge is 0.243 e. The van der Waals surface area contributed by atoms with Gasteiger partial charge < -0.3 is 0 Å². The van der Waals surface area contributed by atoms with Crippen molar-refractivity contribution in [3.05, 3.63) is 47.5 Å². The standard InChI is InChI=1S/C22H28N2O6S3/c1-17-7-9-19(15-21(17)32(27,28)23-11-3-4-12-23)31(25,26)20-10-8-18(2)22(16-20)33(29,30)24-13-5-6-14-24/h7-10,15-16H,3-6,11-14H2,1-2H3. The lowest BCUT2D eigenvalue weighted by atomic mass is 10.2. The third-order valence-electron chi connectivity index (χ3n) is 6.31. The van der Waals surface area contributed by atoms with Crippen molar-refractivity contribution in [1.82, 2.24) is 8.61 Å². The molecule has 2 heterocycles. The van der Waals surface area contributed by atoms with Gasteiger partial charge in [-0.3, -0.25) is 0 Å². The first kappa shape index (κ1) is 24.3. The van der Waals surface area contributed by atoms with Gasteiger partial charge >= 0.3 is 0 Å². The minimum absolute atomic E-state index is 0.0394. The molecule has 0 unspecified atom stereocenters. The van der Waals surface area contributed by atoms with Crippen LogP contribution < -0.4 is 0 Å². The van der Waals surface area contributed by atoms with Gasteiger partial charge in [-0.05, 0) is 74.9 Å². The van der Waals surface area contributed by atoms with E-state index in [4.69, 9.17) is 0 Å². The summed E-state index contributed by atoms with van der Waals surface area (Å²) < 4.78 is 82.0. The van der Waals surface area contributed by atoms with E-state index in [-0.39, 0.29) is 19.6 Å². The number of hydrogen-bond acceptors (Lipinski definition) is 6. The highest BCUT2D eigenvalue weighted by Gasteiger charge is 2.32. The van der Waals surface area contributed by atoms with Crippen LogP contribution in [-0.4, -0.2) is 60.0 Å². The summed E-state index contributed by atoms with van der Waals surface area (Å²) in [5.74, 6) is 0. The van der Waals surface area contributed by atoms with Crippen molar-refractivity contribution in [1.29, 1.82) is 0 Å². The second-order valence-corrected chi connectivity index (χ2v) is 14.3. The lowest BCUT2D eigenvalue weighted by Crippen LogP contribution is -2.29. The number of sulfonamides is 2. The molecule has 0 bridgehead atoms. The van der Waals surface area contributed by atoms with Crippen LogP contribution in [0.3, 0.4) is 0 Å². The summed E-state index contributed by atoms with van der Waals surface area (Å²) >= 11 is 0. The molecule has 8 nitrogen and oxygen atoms in total. The number of benzene rings is 2. The molecule has 0 aromatic heterocycles. The van der Waals surface area contributed by atoms with E-state index in [0.29, 0.717) is 37.3 Å². The summed E-state index contributed by atoms with van der Waals surface area (Å²) in [7, 11) is -11.8. The van der Waals surface area contributed by atoms with Crippen LogP contribution in [0.2, 0.25) is 0 Å². The first-order valence-corrected chi connectivity index (χ1v) is 15.3. The Morgan fingerprint density at radius 2 is 0.909 bits per heavy atom. The van der Waals surface area contributed by atoms with E-state index >= 15 is 0 Å². The van der Waals surface area contributed by atoms with Gasteiger partial charge in [0.2, 0.25) is 29.9 Å². The average Bonchev–Trinajstić information content (AvgIpc) is 3.48. The molecule has 4 rings (SSSR count). The minimum Gasteiger partial charge on any atom is -0.219 e. The highest BCUT2D eigenvalue weighted by molar-refractivity contribution is 7.92. The summed E-state index contributed by atoms with van der Waals surface area (Å²) in [6.07, 6.45) is 3.09. The predicted molar refractivity (Wildman–Crippen MR) is 124 cm³/mol. The molecule has 2 aromatic rings. The molecule has 2 aromatic carbocycles.